The molecule has 2 aromatic rings. The van der Waals surface area contributed by atoms with Crippen molar-refractivity contribution in [3.63, 3.8) is 0 Å². The third-order valence-electron chi connectivity index (χ3n) is 6.28. The highest BCUT2D eigenvalue weighted by molar-refractivity contribution is 6.46. The van der Waals surface area contributed by atoms with Crippen LogP contribution in [0.15, 0.2) is 54.1 Å². The van der Waals surface area contributed by atoms with E-state index in [9.17, 15) is 24.8 Å². The maximum Gasteiger partial charge on any atom is 0.295 e. The summed E-state index contributed by atoms with van der Waals surface area (Å²) in [5.41, 5.74) is 0.783. The summed E-state index contributed by atoms with van der Waals surface area (Å²) in [6, 6.07) is 11.6. The van der Waals surface area contributed by atoms with E-state index in [2.05, 4.69) is 0 Å². The minimum absolute atomic E-state index is 0.00641. The van der Waals surface area contributed by atoms with Crippen LogP contribution in [0.3, 0.4) is 0 Å². The number of rotatable bonds is 6. The first-order valence-electron chi connectivity index (χ1n) is 11.2. The minimum Gasteiger partial charge on any atom is -0.507 e. The van der Waals surface area contributed by atoms with Gasteiger partial charge < -0.3 is 14.7 Å². The van der Waals surface area contributed by atoms with E-state index in [1.807, 2.05) is 13.0 Å². The summed E-state index contributed by atoms with van der Waals surface area (Å²) in [6.07, 6.45) is 4.63. The average molecular weight is 450 g/mol. The molecule has 0 radical (unpaired) electrons. The second-order valence-electron chi connectivity index (χ2n) is 8.31. The predicted molar refractivity (Wildman–Crippen MR) is 122 cm³/mol. The number of nitro groups is 1. The van der Waals surface area contributed by atoms with Gasteiger partial charge in [-0.05, 0) is 49.6 Å². The molecule has 1 N–H and O–H groups in total. The molecule has 1 heterocycles. The van der Waals surface area contributed by atoms with Crippen molar-refractivity contribution in [2.45, 2.75) is 51.1 Å². The molecule has 2 aliphatic rings. The number of ketones is 1. The summed E-state index contributed by atoms with van der Waals surface area (Å²) in [6.45, 7) is 2.34. The van der Waals surface area contributed by atoms with Crippen molar-refractivity contribution < 1.29 is 24.4 Å². The summed E-state index contributed by atoms with van der Waals surface area (Å²) in [5.74, 6) is -1.10. The van der Waals surface area contributed by atoms with Gasteiger partial charge in [0.15, 0.2) is 0 Å². The number of nitrogens with zero attached hydrogens (tertiary/aromatic N) is 2. The van der Waals surface area contributed by atoms with Crippen LogP contribution in [0, 0.1) is 10.1 Å². The molecule has 1 aliphatic heterocycles. The Hall–Kier alpha value is -3.68. The Bertz CT molecular complexity index is 1100. The first-order valence-corrected chi connectivity index (χ1v) is 11.2. The highest BCUT2D eigenvalue weighted by atomic mass is 16.6. The number of amides is 1. The Morgan fingerprint density at radius 1 is 1.12 bits per heavy atom. The summed E-state index contributed by atoms with van der Waals surface area (Å²) < 4.78 is 5.63. The number of benzene rings is 2. The van der Waals surface area contributed by atoms with Crippen molar-refractivity contribution in [2.75, 3.05) is 6.61 Å². The Labute approximate surface area is 191 Å². The van der Waals surface area contributed by atoms with E-state index in [1.54, 1.807) is 23.1 Å². The third-order valence-corrected chi connectivity index (χ3v) is 6.28. The molecule has 172 valence electrons. The van der Waals surface area contributed by atoms with Crippen molar-refractivity contribution in [1.82, 2.24) is 4.90 Å². The quantitative estimate of drug-likeness (QED) is 0.224. The minimum atomic E-state index is -0.760. The summed E-state index contributed by atoms with van der Waals surface area (Å²) >= 11 is 0. The molecular formula is C25H26N2O6. The number of nitro benzene ring substituents is 1. The van der Waals surface area contributed by atoms with Crippen molar-refractivity contribution in [3.8, 4) is 5.75 Å². The number of aliphatic hydroxyl groups excluding tert-OH is 1. The lowest BCUT2D eigenvalue weighted by atomic mass is 9.91. The van der Waals surface area contributed by atoms with E-state index in [1.165, 1.54) is 24.3 Å². The van der Waals surface area contributed by atoms with Gasteiger partial charge in [-0.25, -0.2) is 0 Å². The molecule has 1 atom stereocenters. The number of hydrogen-bond donors (Lipinski definition) is 1. The molecule has 8 heteroatoms. The highest BCUT2D eigenvalue weighted by Crippen LogP contribution is 2.43. The van der Waals surface area contributed by atoms with Gasteiger partial charge in [-0.15, -0.1) is 0 Å². The fourth-order valence-electron chi connectivity index (χ4n) is 4.75. The van der Waals surface area contributed by atoms with Crippen LogP contribution in [0.2, 0.25) is 0 Å². The normalized spacial score (nSPS) is 20.8. The molecule has 2 fully saturated rings. The summed E-state index contributed by atoms with van der Waals surface area (Å²) in [4.78, 5) is 38.5. The van der Waals surface area contributed by atoms with Crippen molar-refractivity contribution in [1.29, 1.82) is 0 Å². The first kappa shape index (κ1) is 22.5. The van der Waals surface area contributed by atoms with Crippen LogP contribution in [0.1, 0.15) is 56.2 Å². The Morgan fingerprint density at radius 2 is 1.82 bits per heavy atom. The molecule has 2 aromatic carbocycles. The van der Waals surface area contributed by atoms with Gasteiger partial charge in [-0.3, -0.25) is 19.7 Å². The van der Waals surface area contributed by atoms with Crippen LogP contribution in [0.4, 0.5) is 5.69 Å². The molecule has 0 bridgehead atoms. The first-order chi connectivity index (χ1) is 15.9. The number of carbonyl (C=O) groups excluding carboxylic acids is 2. The zero-order valence-corrected chi connectivity index (χ0v) is 18.4. The van der Waals surface area contributed by atoms with Gasteiger partial charge in [0.2, 0.25) is 0 Å². The molecule has 0 aromatic heterocycles. The molecule has 1 aliphatic carbocycles. The molecule has 4 rings (SSSR count). The van der Waals surface area contributed by atoms with Crippen molar-refractivity contribution in [3.05, 3.63) is 75.3 Å². The zero-order chi connectivity index (χ0) is 23.5. The maximum atomic E-state index is 13.2. The molecule has 1 unspecified atom stereocenters. The molecule has 33 heavy (non-hydrogen) atoms. The lowest BCUT2D eigenvalue weighted by molar-refractivity contribution is -0.384. The Kier molecular flexibility index (Phi) is 6.44. The van der Waals surface area contributed by atoms with E-state index in [0.29, 0.717) is 17.9 Å². The van der Waals surface area contributed by atoms with E-state index < -0.39 is 22.7 Å². The number of likely N-dealkylation sites (tertiary alicyclic amines) is 1. The largest absolute Gasteiger partial charge is 0.507 e. The van der Waals surface area contributed by atoms with Gasteiger partial charge in [0.05, 0.1) is 23.1 Å². The standard InChI is InChI=1S/C25H26N2O6/c1-2-33-20-10-6-7-17(15-20)22-21(23(28)16-11-13-19(14-12-16)27(31)32)24(29)25(30)26(22)18-8-4-3-5-9-18/h6-7,10-15,18,22,28H,2-5,8-9H2,1H3/b23-21+. The van der Waals surface area contributed by atoms with Gasteiger partial charge in [0.25, 0.3) is 17.4 Å². The lowest BCUT2D eigenvalue weighted by Crippen LogP contribution is -2.40. The molecule has 0 spiro atoms. The smallest absolute Gasteiger partial charge is 0.295 e. The van der Waals surface area contributed by atoms with Crippen LogP contribution in [-0.4, -0.2) is 39.3 Å². The van der Waals surface area contributed by atoms with Gasteiger partial charge in [-0.1, -0.05) is 31.4 Å². The summed E-state index contributed by atoms with van der Waals surface area (Å²) in [7, 11) is 0. The molecule has 8 nitrogen and oxygen atoms in total. The van der Waals surface area contributed by atoms with Crippen LogP contribution >= 0.6 is 0 Å². The van der Waals surface area contributed by atoms with Gasteiger partial charge in [0.1, 0.15) is 11.5 Å². The monoisotopic (exact) mass is 450 g/mol. The molecule has 1 amide bonds. The Morgan fingerprint density at radius 3 is 2.45 bits per heavy atom. The van der Waals surface area contributed by atoms with Crippen molar-refractivity contribution >= 4 is 23.1 Å². The maximum absolute atomic E-state index is 13.2. The van der Waals surface area contributed by atoms with Gasteiger partial charge in [-0.2, -0.15) is 0 Å². The van der Waals surface area contributed by atoms with E-state index in [-0.39, 0.29) is 28.6 Å². The van der Waals surface area contributed by atoms with Crippen molar-refractivity contribution in [2.24, 2.45) is 0 Å². The Balaban J connectivity index is 1.85. The number of carbonyl (C=O) groups is 2. The summed E-state index contributed by atoms with van der Waals surface area (Å²) in [5, 5.41) is 22.1. The van der Waals surface area contributed by atoms with E-state index in [4.69, 9.17) is 4.74 Å². The topological polar surface area (TPSA) is 110 Å². The second kappa shape index (κ2) is 9.44. The molecular weight excluding hydrogens is 424 g/mol. The van der Waals surface area contributed by atoms with E-state index >= 15 is 0 Å². The predicted octanol–water partition coefficient (Wildman–Crippen LogP) is 4.75. The van der Waals surface area contributed by atoms with Gasteiger partial charge in [0, 0.05) is 23.7 Å². The lowest BCUT2D eigenvalue weighted by Gasteiger charge is -2.35. The molecule has 1 saturated heterocycles. The van der Waals surface area contributed by atoms with E-state index in [0.717, 1.165) is 32.1 Å². The number of ether oxygens (including phenoxy) is 1. The number of Topliss-reactive ketones (excluding diaryl/α,β-unsaturated/α-hetero) is 1. The second-order valence-corrected chi connectivity index (χ2v) is 8.31. The third kappa shape index (κ3) is 4.33. The van der Waals surface area contributed by atoms with Crippen LogP contribution in [0.5, 0.6) is 5.75 Å². The molecule has 1 saturated carbocycles. The zero-order valence-electron chi connectivity index (χ0n) is 18.4. The fourth-order valence-corrected chi connectivity index (χ4v) is 4.75. The number of aliphatic hydroxyl groups is 1. The van der Waals surface area contributed by atoms with Crippen LogP contribution in [0.25, 0.3) is 5.76 Å². The van der Waals surface area contributed by atoms with Gasteiger partial charge >= 0.3 is 0 Å². The SMILES string of the molecule is CCOc1cccc(C2/C(=C(\O)c3ccc([N+](=O)[O-])cc3)C(=O)C(=O)N2C2CCCCC2)c1. The number of hydrogen-bond acceptors (Lipinski definition) is 6. The number of non-ortho nitro benzene ring substituents is 1. The fraction of sp³-hybridized carbons (Fsp3) is 0.360. The van der Waals surface area contributed by atoms with Crippen LogP contribution in [-0.2, 0) is 9.59 Å². The highest BCUT2D eigenvalue weighted by Gasteiger charge is 2.49. The van der Waals surface area contributed by atoms with Crippen LogP contribution < -0.4 is 4.74 Å². The average Bonchev–Trinajstić information content (AvgIpc) is 3.10.